The number of carboxylic acid groups (broad SMARTS) is 1. The minimum atomic E-state index is -4.64. The van der Waals surface area contributed by atoms with Gasteiger partial charge in [0.05, 0.1) is 6.07 Å². The van der Waals surface area contributed by atoms with Gasteiger partial charge in [-0.2, -0.15) is 23.5 Å². The molecule has 0 aromatic carbocycles. The molecule has 1 heterocycles. The highest BCUT2D eigenvalue weighted by molar-refractivity contribution is 5.66. The van der Waals surface area contributed by atoms with Crippen LogP contribution >= 0.6 is 0 Å². The van der Waals surface area contributed by atoms with Crippen molar-refractivity contribution < 1.29 is 23.1 Å². The number of nitriles is 1. The first-order valence-electron chi connectivity index (χ1n) is 6.10. The van der Waals surface area contributed by atoms with Crippen LogP contribution in [0.25, 0.3) is 0 Å². The molecule has 0 bridgehead atoms. The van der Waals surface area contributed by atoms with E-state index < -0.39 is 30.3 Å². The van der Waals surface area contributed by atoms with Crippen LogP contribution < -0.4 is 0 Å². The molecule has 1 aromatic heterocycles. The molecule has 1 unspecified atom stereocenters. The number of hydrogen-bond acceptors (Lipinski definition) is 3. The molecule has 0 aliphatic heterocycles. The Hall–Kier alpha value is -2.04. The first kappa shape index (κ1) is 14.4. The first-order valence-corrected chi connectivity index (χ1v) is 6.10. The Balaban J connectivity index is 2.55. The predicted molar refractivity (Wildman–Crippen MR) is 60.8 cm³/mol. The number of carbonyl (C=O) groups is 1. The van der Waals surface area contributed by atoms with Gasteiger partial charge < -0.3 is 5.11 Å². The number of halogens is 3. The van der Waals surface area contributed by atoms with E-state index in [0.29, 0.717) is 25.0 Å². The largest absolute Gasteiger partial charge is 0.480 e. The summed E-state index contributed by atoms with van der Waals surface area (Å²) in [4.78, 5) is 10.7. The Kier molecular flexibility index (Phi) is 3.70. The third-order valence-electron chi connectivity index (χ3n) is 3.36. The zero-order chi connectivity index (χ0) is 14.9. The molecule has 20 heavy (non-hydrogen) atoms. The third-order valence-corrected chi connectivity index (χ3v) is 3.36. The van der Waals surface area contributed by atoms with Gasteiger partial charge in [0, 0.05) is 23.6 Å². The van der Waals surface area contributed by atoms with Crippen LogP contribution in [0.3, 0.4) is 0 Å². The van der Waals surface area contributed by atoms with Crippen molar-refractivity contribution >= 4 is 5.97 Å². The molecule has 1 aliphatic carbocycles. The van der Waals surface area contributed by atoms with Gasteiger partial charge >= 0.3 is 12.1 Å². The summed E-state index contributed by atoms with van der Waals surface area (Å²) < 4.78 is 40.0. The molecule has 5 nitrogen and oxygen atoms in total. The summed E-state index contributed by atoms with van der Waals surface area (Å²) in [5.41, 5.74) is -0.744. The van der Waals surface area contributed by atoms with E-state index in [2.05, 4.69) is 5.10 Å². The molecule has 1 N–H and O–H groups in total. The van der Waals surface area contributed by atoms with Gasteiger partial charge in [0.25, 0.3) is 0 Å². The molecule has 0 spiro atoms. The van der Waals surface area contributed by atoms with Crippen molar-refractivity contribution in [2.45, 2.75) is 44.3 Å². The maximum atomic E-state index is 13.0. The molecule has 108 valence electrons. The number of aliphatic carboxylic acids is 1. The van der Waals surface area contributed by atoms with Crippen LogP contribution in [0.2, 0.25) is 0 Å². The number of nitrogens with zero attached hydrogens (tertiary/aromatic N) is 3. The SMILES string of the molecule is N#CCC1CCCc2c1c(C(F)(F)F)nn2CC(=O)O. The minimum Gasteiger partial charge on any atom is -0.480 e. The van der Waals surface area contributed by atoms with Gasteiger partial charge in [-0.1, -0.05) is 0 Å². The monoisotopic (exact) mass is 287 g/mol. The Morgan fingerprint density at radius 1 is 1.55 bits per heavy atom. The number of alkyl halides is 3. The lowest BCUT2D eigenvalue weighted by Crippen LogP contribution is -2.17. The second kappa shape index (κ2) is 5.15. The smallest absolute Gasteiger partial charge is 0.435 e. The summed E-state index contributed by atoms with van der Waals surface area (Å²) in [6, 6.07) is 1.89. The fraction of sp³-hybridized carbons (Fsp3) is 0.583. The third kappa shape index (κ3) is 2.61. The van der Waals surface area contributed by atoms with Crippen LogP contribution in [-0.2, 0) is 23.9 Å². The average Bonchev–Trinajstić information content (AvgIpc) is 2.69. The molecule has 1 atom stereocenters. The van der Waals surface area contributed by atoms with E-state index in [1.165, 1.54) is 0 Å². The lowest BCUT2D eigenvalue weighted by Gasteiger charge is -2.22. The highest BCUT2D eigenvalue weighted by Crippen LogP contribution is 2.42. The molecule has 8 heteroatoms. The van der Waals surface area contributed by atoms with E-state index in [0.717, 1.165) is 4.68 Å². The lowest BCUT2D eigenvalue weighted by molar-refractivity contribution is -0.143. The van der Waals surface area contributed by atoms with E-state index >= 15 is 0 Å². The minimum absolute atomic E-state index is 0.00606. The van der Waals surface area contributed by atoms with Crippen molar-refractivity contribution in [3.8, 4) is 6.07 Å². The quantitative estimate of drug-likeness (QED) is 0.925. The van der Waals surface area contributed by atoms with Gasteiger partial charge in [0.2, 0.25) is 0 Å². The molecule has 0 fully saturated rings. The Labute approximate surface area is 112 Å². The number of fused-ring (bicyclic) bond motifs is 1. The number of rotatable bonds is 3. The van der Waals surface area contributed by atoms with Crippen molar-refractivity contribution in [2.24, 2.45) is 0 Å². The fourth-order valence-corrected chi connectivity index (χ4v) is 2.65. The molecule has 0 saturated carbocycles. The normalized spacial score (nSPS) is 18.4. The van der Waals surface area contributed by atoms with Gasteiger partial charge in [-0.15, -0.1) is 0 Å². The van der Waals surface area contributed by atoms with Crippen LogP contribution in [0.5, 0.6) is 0 Å². The maximum absolute atomic E-state index is 13.0. The van der Waals surface area contributed by atoms with E-state index in [4.69, 9.17) is 10.4 Å². The van der Waals surface area contributed by atoms with Gasteiger partial charge in [-0.25, -0.2) is 0 Å². The number of aromatic nitrogens is 2. The predicted octanol–water partition coefficient (Wildman–Crippen LogP) is 2.32. The van der Waals surface area contributed by atoms with Crippen LogP contribution in [0.1, 0.15) is 42.1 Å². The van der Waals surface area contributed by atoms with Gasteiger partial charge in [0.1, 0.15) is 6.54 Å². The Morgan fingerprint density at radius 3 is 2.80 bits per heavy atom. The van der Waals surface area contributed by atoms with Gasteiger partial charge in [-0.05, 0) is 19.3 Å². The molecule has 1 aliphatic rings. The summed E-state index contributed by atoms with van der Waals surface area (Å²) >= 11 is 0. The summed E-state index contributed by atoms with van der Waals surface area (Å²) in [5, 5.41) is 20.9. The van der Waals surface area contributed by atoms with E-state index in [9.17, 15) is 18.0 Å². The van der Waals surface area contributed by atoms with Crippen LogP contribution in [0, 0.1) is 11.3 Å². The molecule has 0 amide bonds. The molecule has 1 aromatic rings. The molecular weight excluding hydrogens is 275 g/mol. The molecule has 2 rings (SSSR count). The second-order valence-electron chi connectivity index (χ2n) is 4.71. The van der Waals surface area contributed by atoms with E-state index in [1.54, 1.807) is 0 Å². The molecular formula is C12H12F3N3O2. The Morgan fingerprint density at radius 2 is 2.25 bits per heavy atom. The zero-order valence-electron chi connectivity index (χ0n) is 10.4. The standard InChI is InChI=1S/C12H12F3N3O2/c13-12(14,15)11-10-7(4-5-16)2-1-3-8(10)18(17-11)6-9(19)20/h7H,1-4,6H2,(H,19,20). The summed E-state index contributed by atoms with van der Waals surface area (Å²) in [5.74, 6) is -1.77. The van der Waals surface area contributed by atoms with Crippen molar-refractivity contribution in [3.05, 3.63) is 17.0 Å². The van der Waals surface area contributed by atoms with Crippen LogP contribution in [0.15, 0.2) is 0 Å². The highest BCUT2D eigenvalue weighted by Gasteiger charge is 2.42. The van der Waals surface area contributed by atoms with Crippen molar-refractivity contribution in [1.29, 1.82) is 5.26 Å². The molecule has 0 saturated heterocycles. The van der Waals surface area contributed by atoms with Gasteiger partial charge in [0.15, 0.2) is 5.69 Å². The summed E-state index contributed by atoms with van der Waals surface area (Å²) in [6.07, 6.45) is -3.19. The van der Waals surface area contributed by atoms with Crippen LogP contribution in [0.4, 0.5) is 13.2 Å². The maximum Gasteiger partial charge on any atom is 0.435 e. The number of hydrogen-bond donors (Lipinski definition) is 1. The van der Waals surface area contributed by atoms with E-state index in [-0.39, 0.29) is 12.0 Å². The van der Waals surface area contributed by atoms with Crippen molar-refractivity contribution in [2.75, 3.05) is 0 Å². The van der Waals surface area contributed by atoms with Crippen molar-refractivity contribution in [3.63, 3.8) is 0 Å². The Bertz CT molecular complexity index is 572. The van der Waals surface area contributed by atoms with Gasteiger partial charge in [-0.3, -0.25) is 9.48 Å². The topological polar surface area (TPSA) is 78.9 Å². The van der Waals surface area contributed by atoms with Crippen LogP contribution in [-0.4, -0.2) is 20.9 Å². The molecule has 0 radical (unpaired) electrons. The first-order chi connectivity index (χ1) is 9.34. The number of carboxylic acids is 1. The summed E-state index contributed by atoms with van der Waals surface area (Å²) in [6.45, 7) is -0.600. The zero-order valence-corrected chi connectivity index (χ0v) is 10.4. The van der Waals surface area contributed by atoms with E-state index in [1.807, 2.05) is 6.07 Å². The summed E-state index contributed by atoms with van der Waals surface area (Å²) in [7, 11) is 0. The highest BCUT2D eigenvalue weighted by atomic mass is 19.4. The fourth-order valence-electron chi connectivity index (χ4n) is 2.65. The average molecular weight is 287 g/mol. The van der Waals surface area contributed by atoms with Crippen molar-refractivity contribution in [1.82, 2.24) is 9.78 Å². The lowest BCUT2D eigenvalue weighted by atomic mass is 9.83. The second-order valence-corrected chi connectivity index (χ2v) is 4.71.